The molecule has 0 heterocycles. The van der Waals surface area contributed by atoms with Gasteiger partial charge in [0.1, 0.15) is 11.6 Å². The Hall–Kier alpha value is -2.27. The summed E-state index contributed by atoms with van der Waals surface area (Å²) in [6, 6.07) is 12.6. The Morgan fingerprint density at radius 3 is 2.32 bits per heavy atom. The summed E-state index contributed by atoms with van der Waals surface area (Å²) in [5, 5.41) is 12.5. The molecule has 2 N–H and O–H groups in total. The molecule has 0 aliphatic heterocycles. The quantitative estimate of drug-likeness (QED) is 0.862. The molecule has 1 unspecified atom stereocenters. The smallest absolute Gasteiger partial charge is 0.224 e. The van der Waals surface area contributed by atoms with E-state index in [1.54, 1.807) is 12.1 Å². The molecular weight excluding hydrogens is 288 g/mol. The van der Waals surface area contributed by atoms with Gasteiger partial charge in [0.25, 0.3) is 0 Å². The van der Waals surface area contributed by atoms with E-state index in [-0.39, 0.29) is 18.5 Å². The SMILES string of the molecule is O=C(Cc1c(F)cccc1F)NCCC(O)c1ccccc1. The van der Waals surface area contributed by atoms with Crippen molar-refractivity contribution in [3.8, 4) is 0 Å². The summed E-state index contributed by atoms with van der Waals surface area (Å²) in [5.74, 6) is -1.96. The largest absolute Gasteiger partial charge is 0.388 e. The fourth-order valence-corrected chi connectivity index (χ4v) is 2.11. The highest BCUT2D eigenvalue weighted by Gasteiger charge is 2.13. The van der Waals surface area contributed by atoms with Crippen molar-refractivity contribution in [3.05, 3.63) is 71.3 Å². The maximum atomic E-state index is 13.4. The average molecular weight is 305 g/mol. The molecule has 0 fully saturated rings. The molecule has 3 nitrogen and oxygen atoms in total. The molecule has 0 spiro atoms. The third kappa shape index (κ3) is 4.36. The first-order valence-corrected chi connectivity index (χ1v) is 7.00. The second kappa shape index (κ2) is 7.66. The molecule has 1 amide bonds. The average Bonchev–Trinajstić information content (AvgIpc) is 2.52. The molecule has 2 rings (SSSR count). The van der Waals surface area contributed by atoms with E-state index in [1.165, 1.54) is 6.07 Å². The second-order valence-electron chi connectivity index (χ2n) is 4.94. The lowest BCUT2D eigenvalue weighted by Crippen LogP contribution is -2.27. The normalized spacial score (nSPS) is 12.0. The molecule has 2 aromatic rings. The van der Waals surface area contributed by atoms with Crippen LogP contribution in [0.2, 0.25) is 0 Å². The number of rotatable bonds is 6. The van der Waals surface area contributed by atoms with Gasteiger partial charge in [-0.25, -0.2) is 8.78 Å². The van der Waals surface area contributed by atoms with Crippen molar-refractivity contribution < 1.29 is 18.7 Å². The Morgan fingerprint density at radius 1 is 1.05 bits per heavy atom. The van der Waals surface area contributed by atoms with Gasteiger partial charge < -0.3 is 10.4 Å². The van der Waals surface area contributed by atoms with E-state index >= 15 is 0 Å². The first-order chi connectivity index (χ1) is 10.6. The zero-order valence-electron chi connectivity index (χ0n) is 11.9. The van der Waals surface area contributed by atoms with Gasteiger partial charge in [-0.05, 0) is 24.1 Å². The summed E-state index contributed by atoms with van der Waals surface area (Å²) in [6.45, 7) is 0.227. The minimum absolute atomic E-state index is 0.227. The number of carbonyl (C=O) groups excluding carboxylic acids is 1. The van der Waals surface area contributed by atoms with Crippen molar-refractivity contribution in [1.82, 2.24) is 5.32 Å². The van der Waals surface area contributed by atoms with Gasteiger partial charge in [0.05, 0.1) is 12.5 Å². The van der Waals surface area contributed by atoms with Gasteiger partial charge >= 0.3 is 0 Å². The number of halogens is 2. The van der Waals surface area contributed by atoms with Crippen molar-refractivity contribution >= 4 is 5.91 Å². The molecule has 5 heteroatoms. The van der Waals surface area contributed by atoms with Crippen LogP contribution in [0.4, 0.5) is 8.78 Å². The Kier molecular flexibility index (Phi) is 5.61. The summed E-state index contributed by atoms with van der Waals surface area (Å²) in [6.07, 6.45) is -0.721. The van der Waals surface area contributed by atoms with Crippen molar-refractivity contribution in [1.29, 1.82) is 0 Å². The van der Waals surface area contributed by atoms with Crippen molar-refractivity contribution in [2.24, 2.45) is 0 Å². The zero-order valence-corrected chi connectivity index (χ0v) is 11.9. The third-order valence-corrected chi connectivity index (χ3v) is 3.32. The first-order valence-electron chi connectivity index (χ1n) is 7.00. The second-order valence-corrected chi connectivity index (χ2v) is 4.94. The summed E-state index contributed by atoms with van der Waals surface area (Å²) in [4.78, 5) is 11.7. The summed E-state index contributed by atoms with van der Waals surface area (Å²) < 4.78 is 26.8. The molecule has 0 aliphatic carbocycles. The van der Waals surface area contributed by atoms with Gasteiger partial charge in [-0.3, -0.25) is 4.79 Å². The molecule has 0 aliphatic rings. The number of nitrogens with one attached hydrogen (secondary N) is 1. The molecule has 22 heavy (non-hydrogen) atoms. The molecule has 0 saturated carbocycles. The Labute approximate surface area is 127 Å². The zero-order chi connectivity index (χ0) is 15.9. The van der Waals surface area contributed by atoms with Gasteiger partial charge in [0.2, 0.25) is 5.91 Å². The van der Waals surface area contributed by atoms with Crippen LogP contribution in [-0.4, -0.2) is 17.6 Å². The minimum Gasteiger partial charge on any atom is -0.388 e. The van der Waals surface area contributed by atoms with E-state index < -0.39 is 23.6 Å². The number of aliphatic hydroxyl groups is 1. The Morgan fingerprint density at radius 2 is 1.68 bits per heavy atom. The number of benzene rings is 2. The number of hydrogen-bond acceptors (Lipinski definition) is 2. The van der Waals surface area contributed by atoms with E-state index in [9.17, 15) is 18.7 Å². The predicted octanol–water partition coefficient (Wildman–Crippen LogP) is 2.75. The fourth-order valence-electron chi connectivity index (χ4n) is 2.11. The molecule has 116 valence electrons. The Bertz CT molecular complexity index is 612. The van der Waals surface area contributed by atoms with E-state index in [4.69, 9.17) is 0 Å². The summed E-state index contributed by atoms with van der Waals surface area (Å²) in [5.41, 5.74) is 0.514. The van der Waals surface area contributed by atoms with Gasteiger partial charge in [-0.1, -0.05) is 36.4 Å². The highest BCUT2D eigenvalue weighted by molar-refractivity contribution is 5.78. The van der Waals surface area contributed by atoms with Crippen LogP contribution in [0.5, 0.6) is 0 Å². The van der Waals surface area contributed by atoms with Crippen LogP contribution in [-0.2, 0) is 11.2 Å². The van der Waals surface area contributed by atoms with Gasteiger partial charge in [-0.15, -0.1) is 0 Å². The number of amides is 1. The highest BCUT2D eigenvalue weighted by Crippen LogP contribution is 2.15. The maximum Gasteiger partial charge on any atom is 0.224 e. The van der Waals surface area contributed by atoms with Crippen LogP contribution >= 0.6 is 0 Å². The summed E-state index contributed by atoms with van der Waals surface area (Å²) in [7, 11) is 0. The molecule has 0 aromatic heterocycles. The lowest BCUT2D eigenvalue weighted by atomic mass is 10.1. The lowest BCUT2D eigenvalue weighted by molar-refractivity contribution is -0.120. The first kappa shape index (κ1) is 16.1. The van der Waals surface area contributed by atoms with Crippen molar-refractivity contribution in [2.45, 2.75) is 18.9 Å². The highest BCUT2D eigenvalue weighted by atomic mass is 19.1. The van der Waals surface area contributed by atoms with Gasteiger partial charge in [-0.2, -0.15) is 0 Å². The van der Waals surface area contributed by atoms with Crippen LogP contribution in [0.25, 0.3) is 0 Å². The fraction of sp³-hybridized carbons (Fsp3) is 0.235. The molecule has 0 saturated heterocycles. The number of aliphatic hydroxyl groups excluding tert-OH is 1. The molecule has 1 atom stereocenters. The van der Waals surface area contributed by atoms with Crippen LogP contribution < -0.4 is 5.32 Å². The topological polar surface area (TPSA) is 49.3 Å². The van der Waals surface area contributed by atoms with Crippen LogP contribution in [0.15, 0.2) is 48.5 Å². The number of hydrogen-bond donors (Lipinski definition) is 2. The van der Waals surface area contributed by atoms with E-state index in [0.717, 1.165) is 17.7 Å². The standard InChI is InChI=1S/C17H17F2NO2/c18-14-7-4-8-15(19)13(14)11-17(22)20-10-9-16(21)12-5-2-1-3-6-12/h1-8,16,21H,9-11H2,(H,20,22). The van der Waals surface area contributed by atoms with Gasteiger partial charge in [0, 0.05) is 12.1 Å². The molecular formula is C17H17F2NO2. The van der Waals surface area contributed by atoms with Crippen molar-refractivity contribution in [2.75, 3.05) is 6.54 Å². The number of carbonyl (C=O) groups is 1. The molecule has 2 aromatic carbocycles. The minimum atomic E-state index is -0.737. The Balaban J connectivity index is 1.81. The van der Waals surface area contributed by atoms with Crippen LogP contribution in [0.3, 0.4) is 0 Å². The van der Waals surface area contributed by atoms with Crippen LogP contribution in [0, 0.1) is 11.6 Å². The van der Waals surface area contributed by atoms with E-state index in [0.29, 0.717) is 6.42 Å². The van der Waals surface area contributed by atoms with E-state index in [1.807, 2.05) is 18.2 Å². The maximum absolute atomic E-state index is 13.4. The molecule has 0 radical (unpaired) electrons. The predicted molar refractivity (Wildman–Crippen MR) is 79.1 cm³/mol. The molecule has 0 bridgehead atoms. The summed E-state index contributed by atoms with van der Waals surface area (Å²) >= 11 is 0. The lowest BCUT2D eigenvalue weighted by Gasteiger charge is -2.12. The monoisotopic (exact) mass is 305 g/mol. The van der Waals surface area contributed by atoms with Crippen molar-refractivity contribution in [3.63, 3.8) is 0 Å². The van der Waals surface area contributed by atoms with Crippen LogP contribution in [0.1, 0.15) is 23.7 Å². The van der Waals surface area contributed by atoms with E-state index in [2.05, 4.69) is 5.32 Å². The van der Waals surface area contributed by atoms with Gasteiger partial charge in [0.15, 0.2) is 0 Å². The third-order valence-electron chi connectivity index (χ3n) is 3.32.